The molecule has 0 aliphatic carbocycles. The van der Waals surface area contributed by atoms with Gasteiger partial charge < -0.3 is 5.32 Å². The number of halogens is 2. The first-order chi connectivity index (χ1) is 11.7. The Morgan fingerprint density at radius 3 is 2.32 bits per heavy atom. The summed E-state index contributed by atoms with van der Waals surface area (Å²) in [5.41, 5.74) is 1.19. The van der Waals surface area contributed by atoms with Gasteiger partial charge in [0.1, 0.15) is 0 Å². The van der Waals surface area contributed by atoms with Crippen LogP contribution in [0.15, 0.2) is 47.4 Å². The van der Waals surface area contributed by atoms with Gasteiger partial charge >= 0.3 is 0 Å². The van der Waals surface area contributed by atoms with Crippen LogP contribution in [-0.2, 0) is 26.1 Å². The number of hydrogen-bond acceptors (Lipinski definition) is 4. The van der Waals surface area contributed by atoms with Crippen molar-refractivity contribution < 1.29 is 18.0 Å². The summed E-state index contributed by atoms with van der Waals surface area (Å²) in [6.45, 7) is 0. The number of nitrogens with one attached hydrogen (secondary N) is 1. The molecule has 0 saturated heterocycles. The van der Waals surface area contributed by atoms with Gasteiger partial charge in [-0.2, -0.15) is 0 Å². The predicted octanol–water partition coefficient (Wildman–Crippen LogP) is 3.36. The van der Waals surface area contributed by atoms with Crippen LogP contribution in [0.1, 0.15) is 5.56 Å². The van der Waals surface area contributed by atoms with E-state index >= 15 is 0 Å². The summed E-state index contributed by atoms with van der Waals surface area (Å²) in [5.74, 6) is -0.261. The van der Waals surface area contributed by atoms with Gasteiger partial charge in [-0.3, -0.25) is 9.63 Å². The van der Waals surface area contributed by atoms with E-state index in [1.54, 1.807) is 18.2 Å². The third-order valence-corrected chi connectivity index (χ3v) is 5.81. The second-order valence-corrected chi connectivity index (χ2v) is 7.85. The van der Waals surface area contributed by atoms with Crippen molar-refractivity contribution in [2.24, 2.45) is 0 Å². The van der Waals surface area contributed by atoms with Crippen molar-refractivity contribution in [3.05, 3.63) is 58.1 Å². The van der Waals surface area contributed by atoms with Crippen LogP contribution in [0.3, 0.4) is 0 Å². The van der Waals surface area contributed by atoms with E-state index in [-0.39, 0.29) is 17.2 Å². The molecule has 0 saturated carbocycles. The van der Waals surface area contributed by atoms with E-state index in [1.165, 1.54) is 38.4 Å². The molecule has 9 heteroatoms. The van der Waals surface area contributed by atoms with Crippen molar-refractivity contribution >= 4 is 44.8 Å². The van der Waals surface area contributed by atoms with Gasteiger partial charge in [-0.05, 0) is 42.0 Å². The number of sulfonamides is 1. The van der Waals surface area contributed by atoms with Crippen LogP contribution >= 0.6 is 23.2 Å². The van der Waals surface area contributed by atoms with Crippen LogP contribution in [0.4, 0.5) is 5.69 Å². The Labute approximate surface area is 156 Å². The second-order valence-electron chi connectivity index (χ2n) is 5.10. The average Bonchev–Trinajstić information content (AvgIpc) is 2.57. The van der Waals surface area contributed by atoms with E-state index in [9.17, 15) is 13.2 Å². The molecule has 0 unspecified atom stereocenters. The molecular formula is C16H16Cl2N2O4S. The van der Waals surface area contributed by atoms with Gasteiger partial charge in [0.05, 0.1) is 28.5 Å². The number of rotatable bonds is 6. The minimum Gasteiger partial charge on any atom is -0.326 e. The number of nitrogens with zero attached hydrogens (tertiary/aromatic N) is 1. The first-order valence-electron chi connectivity index (χ1n) is 7.11. The fourth-order valence-electron chi connectivity index (χ4n) is 2.00. The highest BCUT2D eigenvalue weighted by Gasteiger charge is 2.20. The SMILES string of the molecule is CON(C)S(=O)(=O)c1ccc(NC(=O)Cc2ccc(Cl)c(Cl)c2)cc1. The molecule has 0 spiro atoms. The van der Waals surface area contributed by atoms with Crippen molar-refractivity contribution in [2.75, 3.05) is 19.5 Å². The molecule has 1 N–H and O–H groups in total. The minimum absolute atomic E-state index is 0.0549. The third-order valence-electron chi connectivity index (χ3n) is 3.38. The molecular weight excluding hydrogens is 387 g/mol. The quantitative estimate of drug-likeness (QED) is 0.751. The lowest BCUT2D eigenvalue weighted by atomic mass is 10.1. The molecule has 1 amide bonds. The van der Waals surface area contributed by atoms with Crippen LogP contribution in [0.2, 0.25) is 10.0 Å². The average molecular weight is 403 g/mol. The first kappa shape index (κ1) is 19.7. The summed E-state index contributed by atoms with van der Waals surface area (Å²) in [6, 6.07) is 10.7. The topological polar surface area (TPSA) is 75.7 Å². The maximum Gasteiger partial charge on any atom is 0.264 e. The van der Waals surface area contributed by atoms with Crippen molar-refractivity contribution in [3.8, 4) is 0 Å². The normalized spacial score (nSPS) is 11.6. The number of anilines is 1. The van der Waals surface area contributed by atoms with Crippen molar-refractivity contribution in [1.29, 1.82) is 0 Å². The molecule has 2 rings (SSSR count). The highest BCUT2D eigenvalue weighted by atomic mass is 35.5. The van der Waals surface area contributed by atoms with Gasteiger partial charge in [-0.25, -0.2) is 8.42 Å². The Kier molecular flexibility index (Phi) is 6.42. The molecule has 0 aliphatic heterocycles. The molecule has 2 aromatic carbocycles. The third kappa shape index (κ3) is 4.93. The maximum absolute atomic E-state index is 12.1. The van der Waals surface area contributed by atoms with Gasteiger partial charge in [0.2, 0.25) is 5.91 Å². The Morgan fingerprint density at radius 1 is 1.12 bits per heavy atom. The van der Waals surface area contributed by atoms with Crippen molar-refractivity contribution in [2.45, 2.75) is 11.3 Å². The highest BCUT2D eigenvalue weighted by molar-refractivity contribution is 7.89. The minimum atomic E-state index is -3.72. The van der Waals surface area contributed by atoms with Crippen LogP contribution in [0, 0.1) is 0 Å². The zero-order valence-corrected chi connectivity index (χ0v) is 15.8. The maximum atomic E-state index is 12.1. The number of hydrogen-bond donors (Lipinski definition) is 1. The molecule has 0 heterocycles. The lowest BCUT2D eigenvalue weighted by Crippen LogP contribution is -2.25. The van der Waals surface area contributed by atoms with E-state index in [0.717, 1.165) is 4.47 Å². The Hall–Kier alpha value is -1.64. The van der Waals surface area contributed by atoms with Gasteiger partial charge in [0.15, 0.2) is 0 Å². The summed E-state index contributed by atoms with van der Waals surface area (Å²) in [4.78, 5) is 16.8. The second kappa shape index (κ2) is 8.16. The molecule has 0 bridgehead atoms. The van der Waals surface area contributed by atoms with E-state index < -0.39 is 10.0 Å². The molecule has 0 atom stereocenters. The number of carbonyl (C=O) groups excluding carboxylic acids is 1. The summed E-state index contributed by atoms with van der Waals surface area (Å²) in [7, 11) is -1.17. The summed E-state index contributed by atoms with van der Waals surface area (Å²) in [6.07, 6.45) is 0.114. The van der Waals surface area contributed by atoms with Gasteiger partial charge in [0.25, 0.3) is 10.0 Å². The highest BCUT2D eigenvalue weighted by Crippen LogP contribution is 2.23. The fourth-order valence-corrected chi connectivity index (χ4v) is 3.29. The standard InChI is InChI=1S/C16H16Cl2N2O4S/c1-20(24-2)25(22,23)13-6-4-12(5-7-13)19-16(21)10-11-3-8-14(17)15(18)9-11/h3-9H,10H2,1-2H3,(H,19,21). The van der Waals surface area contributed by atoms with Gasteiger partial charge in [-0.15, -0.1) is 0 Å². The van der Waals surface area contributed by atoms with Gasteiger partial charge in [-0.1, -0.05) is 33.7 Å². The monoisotopic (exact) mass is 402 g/mol. The molecule has 0 aliphatic rings. The van der Waals surface area contributed by atoms with Crippen molar-refractivity contribution in [1.82, 2.24) is 4.47 Å². The zero-order valence-electron chi connectivity index (χ0n) is 13.5. The van der Waals surface area contributed by atoms with Crippen LogP contribution in [0.5, 0.6) is 0 Å². The molecule has 134 valence electrons. The molecule has 0 aromatic heterocycles. The van der Waals surface area contributed by atoms with Crippen molar-refractivity contribution in [3.63, 3.8) is 0 Å². The molecule has 0 fully saturated rings. The Morgan fingerprint density at radius 2 is 1.76 bits per heavy atom. The van der Waals surface area contributed by atoms with Gasteiger partial charge in [0, 0.05) is 12.7 Å². The number of carbonyl (C=O) groups is 1. The first-order valence-corrected chi connectivity index (χ1v) is 9.30. The lowest BCUT2D eigenvalue weighted by Gasteiger charge is -2.14. The van der Waals surface area contributed by atoms with E-state index in [4.69, 9.17) is 28.0 Å². The van der Waals surface area contributed by atoms with E-state index in [1.807, 2.05) is 0 Å². The smallest absolute Gasteiger partial charge is 0.264 e. The summed E-state index contributed by atoms with van der Waals surface area (Å²) in [5, 5.41) is 3.49. The Balaban J connectivity index is 2.05. The molecule has 0 radical (unpaired) electrons. The summed E-state index contributed by atoms with van der Waals surface area (Å²) >= 11 is 11.8. The Bertz CT molecular complexity index is 870. The fraction of sp³-hybridized carbons (Fsp3) is 0.188. The van der Waals surface area contributed by atoms with E-state index in [2.05, 4.69) is 5.32 Å². The molecule has 25 heavy (non-hydrogen) atoms. The summed E-state index contributed by atoms with van der Waals surface area (Å²) < 4.78 is 24.9. The van der Waals surface area contributed by atoms with Crippen LogP contribution in [0.25, 0.3) is 0 Å². The molecule has 2 aromatic rings. The predicted molar refractivity (Wildman–Crippen MR) is 97.2 cm³/mol. The van der Waals surface area contributed by atoms with E-state index in [0.29, 0.717) is 21.3 Å². The van der Waals surface area contributed by atoms with Crippen LogP contribution in [-0.4, -0.2) is 33.0 Å². The molecule has 6 nitrogen and oxygen atoms in total. The number of amides is 1. The zero-order chi connectivity index (χ0) is 18.6. The lowest BCUT2D eigenvalue weighted by molar-refractivity contribution is -0.115. The number of benzene rings is 2. The number of hydroxylamine groups is 1. The van der Waals surface area contributed by atoms with Crippen LogP contribution < -0.4 is 5.32 Å². The largest absolute Gasteiger partial charge is 0.326 e.